The van der Waals surface area contributed by atoms with Gasteiger partial charge in [0.1, 0.15) is 24.2 Å². The molecular weight excluding hydrogens is 1450 g/mol. The van der Waals surface area contributed by atoms with E-state index in [0.717, 1.165) is 51.7 Å². The fraction of sp³-hybridized carbons (Fsp3) is 0.365. The fourth-order valence-corrected chi connectivity index (χ4v) is 14.9. The highest BCUT2D eigenvalue weighted by atomic mass is 16.2. The summed E-state index contributed by atoms with van der Waals surface area (Å²) in [4.78, 5) is 213. The highest BCUT2D eigenvalue weighted by Gasteiger charge is 2.50. The summed E-state index contributed by atoms with van der Waals surface area (Å²) in [6.07, 6.45) is 9.57. The number of hydrogen-bond acceptors (Lipinski definition) is 16. The molecule has 13 rings (SSSR count). The van der Waals surface area contributed by atoms with Crippen LogP contribution in [0.25, 0.3) is 0 Å². The van der Waals surface area contributed by atoms with E-state index in [1.807, 2.05) is 13.0 Å². The van der Waals surface area contributed by atoms with Crippen LogP contribution in [0.2, 0.25) is 0 Å². The molecule has 0 saturated carbocycles. The lowest BCUT2D eigenvalue weighted by atomic mass is 10.0. The molecule has 113 heavy (non-hydrogen) atoms. The smallest absolute Gasteiger partial charge is 0.262 e. The maximum absolute atomic E-state index is 13.2. The molecule has 4 fully saturated rings. The molecule has 4 atom stereocenters. The normalized spacial score (nSPS) is 18.8. The first-order chi connectivity index (χ1) is 53.9. The van der Waals surface area contributed by atoms with Crippen molar-refractivity contribution in [2.45, 2.75) is 174 Å². The van der Waals surface area contributed by atoms with Gasteiger partial charge >= 0.3 is 0 Å². The largest absolute Gasteiger partial charge is 0.341 e. The average Bonchev–Trinajstić information content (AvgIpc) is 1.62. The Kier molecular flexibility index (Phi) is 26.4. The number of fused-ring (bicyclic) bond motifs is 4. The summed E-state index contributed by atoms with van der Waals surface area (Å²) in [5.41, 5.74) is 7.53. The SMILES string of the molecule is C=C1CCC(N2C(=O)c3cccc(CN(C)C(=O)CC)c3C2=O)C(=O)N1.C=C1CCC(N2C(=O)c3cccc(CN(C)C(=O)CCC)c3C2=O)C(=O)N1.C=C1CCC(N2C(=O)c3cccc(CN(C)C(=O)CCCCCC)c3C2=O)C(=O)N1.C=C1CCC(N2C(=O)c3cccc(CN(C)C(=O)c4ccccc4)c3C2=O)C(=O)N1. The molecule has 8 heterocycles. The minimum Gasteiger partial charge on any atom is -0.341 e. The molecule has 590 valence electrons. The van der Waals surface area contributed by atoms with Crippen LogP contribution in [0, 0.1) is 0 Å². The molecule has 0 aromatic heterocycles. The highest BCUT2D eigenvalue weighted by Crippen LogP contribution is 2.37. The summed E-state index contributed by atoms with van der Waals surface area (Å²) >= 11 is 0. The number of unbranched alkanes of at least 4 members (excludes halogenated alkanes) is 3. The first-order valence-electron chi connectivity index (χ1n) is 37.9. The summed E-state index contributed by atoms with van der Waals surface area (Å²) in [5, 5.41) is 10.5. The first-order valence-corrected chi connectivity index (χ1v) is 37.9. The van der Waals surface area contributed by atoms with E-state index in [1.54, 1.807) is 142 Å². The zero-order valence-electron chi connectivity index (χ0n) is 64.7. The number of rotatable bonds is 21. The van der Waals surface area contributed by atoms with E-state index in [-0.39, 0.29) is 89.1 Å². The third kappa shape index (κ3) is 17.8. The Hall–Kier alpha value is -12.6. The zero-order valence-corrected chi connectivity index (χ0v) is 64.7. The molecule has 28 nitrogen and oxygen atoms in total. The van der Waals surface area contributed by atoms with Crippen molar-refractivity contribution in [2.75, 3.05) is 28.2 Å². The van der Waals surface area contributed by atoms with Crippen LogP contribution in [0.15, 0.2) is 152 Å². The molecular formula is C85H94N12O16. The number of hydrogen-bond donors (Lipinski definition) is 4. The predicted molar refractivity (Wildman–Crippen MR) is 415 cm³/mol. The Balaban J connectivity index is 0.000000160. The molecule has 5 aromatic rings. The van der Waals surface area contributed by atoms with E-state index in [9.17, 15) is 76.7 Å². The van der Waals surface area contributed by atoms with Crippen molar-refractivity contribution in [1.29, 1.82) is 0 Å². The molecule has 8 aliphatic heterocycles. The van der Waals surface area contributed by atoms with E-state index in [0.29, 0.717) is 132 Å². The van der Waals surface area contributed by atoms with Gasteiger partial charge in [0.05, 0.1) is 44.5 Å². The van der Waals surface area contributed by atoms with Gasteiger partial charge in [0, 0.05) is 102 Å². The van der Waals surface area contributed by atoms with Gasteiger partial charge in [-0.1, -0.05) is 133 Å². The number of nitrogens with zero attached hydrogens (tertiary/aromatic N) is 8. The molecule has 0 spiro atoms. The molecule has 28 heteroatoms. The number of amides is 16. The quantitative estimate of drug-likeness (QED) is 0.0394. The standard InChI is InChI=1S/C23H21N3O4.C23H29N3O4.C20H23N3O4.C19H21N3O4/c1-14-11-12-18(20(27)24-14)26-22(29)17-10-6-9-16(19(17)23(26)30)13-25(2)21(28)15-7-4-3-5-8-15;1-4-5-6-7-11-19(27)25(3)14-16-9-8-10-17-20(16)23(30)26(22(17)29)18-13-12-15(2)24-21(18)28;1-4-6-16(24)22(3)11-13-7-5-8-14-17(13)20(27)23(19(14)26)15-10-9-12(2)21-18(15)25;1-4-15(23)21(3)10-12-6-5-7-13-16(12)19(26)22(18(13)25)14-9-8-11(2)20-17(14)24/h3-10,18H,1,11-13H2,2H3,(H,24,27);8-10,18H,2,4-7,11-14H2,1,3H3,(H,24,28);5,7-8,15H,2,4,6,9-11H2,1,3H3,(H,21,25);5-7,14H,2,4,8-10H2,1,3H3,(H,20,24). The number of carbonyl (C=O) groups is 16. The van der Waals surface area contributed by atoms with Crippen LogP contribution in [0.4, 0.5) is 0 Å². The van der Waals surface area contributed by atoms with Crippen LogP contribution in [0.3, 0.4) is 0 Å². The van der Waals surface area contributed by atoms with Gasteiger partial charge in [0.15, 0.2) is 0 Å². The minimum absolute atomic E-state index is 0.0162. The van der Waals surface area contributed by atoms with Crippen LogP contribution in [0.5, 0.6) is 0 Å². The molecule has 5 aromatic carbocycles. The highest BCUT2D eigenvalue weighted by molar-refractivity contribution is 6.26. The summed E-state index contributed by atoms with van der Waals surface area (Å²) in [6.45, 7) is 21.6. The summed E-state index contributed by atoms with van der Waals surface area (Å²) < 4.78 is 0. The van der Waals surface area contributed by atoms with E-state index in [4.69, 9.17) is 0 Å². The maximum Gasteiger partial charge on any atom is 0.262 e. The van der Waals surface area contributed by atoms with Gasteiger partial charge in [-0.05, 0) is 123 Å². The number of imide groups is 4. The predicted octanol–water partition coefficient (Wildman–Crippen LogP) is 8.63. The van der Waals surface area contributed by atoms with E-state index in [1.165, 1.54) is 9.80 Å². The molecule has 4 unspecified atom stereocenters. The third-order valence-electron chi connectivity index (χ3n) is 21.0. The van der Waals surface area contributed by atoms with E-state index in [2.05, 4.69) is 54.5 Å². The summed E-state index contributed by atoms with van der Waals surface area (Å²) in [7, 11) is 6.69. The molecule has 8 aliphatic rings. The van der Waals surface area contributed by atoms with Crippen molar-refractivity contribution < 1.29 is 76.7 Å². The molecule has 0 radical (unpaired) electrons. The topological polar surface area (TPSA) is 347 Å². The number of nitrogens with one attached hydrogen (secondary N) is 4. The number of carbonyl (C=O) groups excluding carboxylic acids is 16. The second kappa shape index (κ2) is 36.0. The Labute approximate surface area is 655 Å². The van der Waals surface area contributed by atoms with Crippen LogP contribution in [-0.2, 0) is 59.7 Å². The van der Waals surface area contributed by atoms with Gasteiger partial charge < -0.3 is 40.9 Å². The monoisotopic (exact) mass is 1540 g/mol. The Morgan fingerprint density at radius 2 is 0.637 bits per heavy atom. The first kappa shape index (κ1) is 82.9. The van der Waals surface area contributed by atoms with Gasteiger partial charge in [0.25, 0.3) is 53.2 Å². The van der Waals surface area contributed by atoms with Gasteiger partial charge in [-0.3, -0.25) is 96.3 Å². The van der Waals surface area contributed by atoms with Crippen molar-refractivity contribution >= 4 is 94.5 Å². The third-order valence-corrected chi connectivity index (χ3v) is 21.0. The van der Waals surface area contributed by atoms with Crippen LogP contribution >= 0.6 is 0 Å². The van der Waals surface area contributed by atoms with Crippen LogP contribution in [0.1, 0.15) is 239 Å². The molecule has 0 bridgehead atoms. The molecule has 16 amide bonds. The number of benzene rings is 5. The lowest BCUT2D eigenvalue weighted by molar-refractivity contribution is -0.131. The lowest BCUT2D eigenvalue weighted by Gasteiger charge is -2.29. The van der Waals surface area contributed by atoms with Gasteiger partial charge in [-0.25, -0.2) is 0 Å². The van der Waals surface area contributed by atoms with Gasteiger partial charge in [0.2, 0.25) is 41.4 Å². The van der Waals surface area contributed by atoms with Crippen LogP contribution < -0.4 is 21.3 Å². The maximum atomic E-state index is 13.2. The molecule has 0 aliphatic carbocycles. The van der Waals surface area contributed by atoms with E-state index < -0.39 is 89.1 Å². The molecule has 4 N–H and O–H groups in total. The Morgan fingerprint density at radius 1 is 0.345 bits per heavy atom. The average molecular weight is 1540 g/mol. The fourth-order valence-electron chi connectivity index (χ4n) is 14.9. The van der Waals surface area contributed by atoms with Crippen molar-refractivity contribution in [3.8, 4) is 0 Å². The van der Waals surface area contributed by atoms with Crippen LogP contribution in [-0.4, -0.2) is 186 Å². The summed E-state index contributed by atoms with van der Waals surface area (Å²) in [5.74, 6) is -5.63. The van der Waals surface area contributed by atoms with Crippen molar-refractivity contribution in [3.05, 3.63) is 225 Å². The number of piperidine rings is 4. The Morgan fingerprint density at radius 3 is 0.920 bits per heavy atom. The van der Waals surface area contributed by atoms with Gasteiger partial charge in [-0.2, -0.15) is 0 Å². The van der Waals surface area contributed by atoms with Crippen molar-refractivity contribution in [3.63, 3.8) is 0 Å². The second-order valence-electron chi connectivity index (χ2n) is 29.1. The zero-order chi connectivity index (χ0) is 82.0. The second-order valence-corrected chi connectivity index (χ2v) is 29.1. The minimum atomic E-state index is -0.862. The Bertz CT molecular complexity index is 4830. The van der Waals surface area contributed by atoms with Crippen molar-refractivity contribution in [1.82, 2.24) is 60.5 Å². The van der Waals surface area contributed by atoms with Crippen molar-refractivity contribution in [2.24, 2.45) is 0 Å². The van der Waals surface area contributed by atoms with E-state index >= 15 is 0 Å². The molecule has 4 saturated heterocycles. The number of allylic oxidation sites excluding steroid dienone is 4. The lowest BCUT2D eigenvalue weighted by Crippen LogP contribution is -2.51. The summed E-state index contributed by atoms with van der Waals surface area (Å²) in [6, 6.07) is 25.6. The van der Waals surface area contributed by atoms with Gasteiger partial charge in [-0.15, -0.1) is 0 Å².